The highest BCUT2D eigenvalue weighted by molar-refractivity contribution is 5.89. The van der Waals surface area contributed by atoms with Crippen molar-refractivity contribution in [2.75, 3.05) is 18.5 Å². The van der Waals surface area contributed by atoms with Crippen LogP contribution in [0.15, 0.2) is 48.5 Å². The molecule has 0 aliphatic heterocycles. The highest BCUT2D eigenvalue weighted by Gasteiger charge is 2.28. The summed E-state index contributed by atoms with van der Waals surface area (Å²) in [4.78, 5) is 14.5. The quantitative estimate of drug-likeness (QED) is 0.898. The molecule has 2 aromatic rings. The number of rotatable bonds is 4. The predicted octanol–water partition coefficient (Wildman–Crippen LogP) is 3.46. The topological polar surface area (TPSA) is 76.4 Å². The maximum Gasteiger partial charge on any atom is 0.322 e. The number of urea groups is 1. The van der Waals surface area contributed by atoms with E-state index in [4.69, 9.17) is 5.26 Å². The normalized spacial score (nSPS) is 15.8. The molecule has 0 spiro atoms. The summed E-state index contributed by atoms with van der Waals surface area (Å²) < 4.78 is 0. The average Bonchev–Trinajstić information content (AvgIpc) is 2.66. The minimum atomic E-state index is -0.236. The zero-order valence-electron chi connectivity index (χ0n) is 14.0. The monoisotopic (exact) mass is 335 g/mol. The summed E-state index contributed by atoms with van der Waals surface area (Å²) in [5, 5.41) is 21.2. The van der Waals surface area contributed by atoms with Crippen LogP contribution in [-0.4, -0.2) is 29.2 Å². The van der Waals surface area contributed by atoms with E-state index < -0.39 is 0 Å². The maximum atomic E-state index is 12.8. The van der Waals surface area contributed by atoms with Crippen molar-refractivity contribution in [1.82, 2.24) is 4.90 Å². The van der Waals surface area contributed by atoms with Crippen molar-refractivity contribution in [2.45, 2.75) is 25.3 Å². The third-order valence-electron chi connectivity index (χ3n) is 4.58. The molecule has 1 aliphatic rings. The van der Waals surface area contributed by atoms with E-state index in [9.17, 15) is 9.90 Å². The Morgan fingerprint density at radius 3 is 2.72 bits per heavy atom. The molecule has 5 heteroatoms. The number of amides is 2. The van der Waals surface area contributed by atoms with Crippen LogP contribution in [0.1, 0.15) is 35.6 Å². The molecular formula is C20H21N3O2. The second kappa shape index (κ2) is 7.82. The van der Waals surface area contributed by atoms with Gasteiger partial charge in [-0.05, 0) is 54.7 Å². The van der Waals surface area contributed by atoms with Crippen molar-refractivity contribution < 1.29 is 9.90 Å². The first-order valence-corrected chi connectivity index (χ1v) is 8.49. The van der Waals surface area contributed by atoms with Gasteiger partial charge in [0.05, 0.1) is 24.3 Å². The highest BCUT2D eigenvalue weighted by atomic mass is 16.3. The molecule has 0 saturated heterocycles. The Morgan fingerprint density at radius 2 is 2.00 bits per heavy atom. The lowest BCUT2D eigenvalue weighted by molar-refractivity contribution is 0.155. The number of nitrogens with zero attached hydrogens (tertiary/aromatic N) is 2. The molecule has 128 valence electrons. The number of aryl methyl sites for hydroxylation is 1. The van der Waals surface area contributed by atoms with Gasteiger partial charge in [-0.25, -0.2) is 4.79 Å². The summed E-state index contributed by atoms with van der Waals surface area (Å²) in [7, 11) is 0. The summed E-state index contributed by atoms with van der Waals surface area (Å²) in [6.07, 6.45) is 2.93. The zero-order chi connectivity index (χ0) is 17.6. The van der Waals surface area contributed by atoms with Crippen LogP contribution in [-0.2, 0) is 6.42 Å². The van der Waals surface area contributed by atoms with Crippen molar-refractivity contribution in [3.05, 3.63) is 65.2 Å². The molecule has 2 N–H and O–H groups in total. The minimum absolute atomic E-state index is 0.0320. The second-order valence-corrected chi connectivity index (χ2v) is 6.14. The summed E-state index contributed by atoms with van der Waals surface area (Å²) in [5.74, 6) is 0. The Morgan fingerprint density at radius 1 is 1.24 bits per heavy atom. The minimum Gasteiger partial charge on any atom is -0.395 e. The van der Waals surface area contributed by atoms with Crippen LogP contribution < -0.4 is 5.32 Å². The Balaban J connectivity index is 1.81. The van der Waals surface area contributed by atoms with Gasteiger partial charge in [-0.1, -0.05) is 24.3 Å². The lowest BCUT2D eigenvalue weighted by Crippen LogP contribution is -2.41. The molecule has 0 radical (unpaired) electrons. The van der Waals surface area contributed by atoms with Gasteiger partial charge in [-0.3, -0.25) is 0 Å². The van der Waals surface area contributed by atoms with E-state index >= 15 is 0 Å². The summed E-state index contributed by atoms with van der Waals surface area (Å²) in [6.45, 7) is 0.195. The lowest BCUT2D eigenvalue weighted by atomic mass is 9.87. The van der Waals surface area contributed by atoms with Gasteiger partial charge in [0, 0.05) is 12.2 Å². The first kappa shape index (κ1) is 17.0. The number of anilines is 1. The fraction of sp³-hybridized carbons (Fsp3) is 0.300. The summed E-state index contributed by atoms with van der Waals surface area (Å²) in [5.41, 5.74) is 3.62. The van der Waals surface area contributed by atoms with E-state index in [1.54, 1.807) is 29.2 Å². The number of aliphatic hydroxyl groups excluding tert-OH is 1. The van der Waals surface area contributed by atoms with Crippen LogP contribution >= 0.6 is 0 Å². The molecule has 1 aliphatic carbocycles. The van der Waals surface area contributed by atoms with Crippen LogP contribution in [0.4, 0.5) is 10.5 Å². The molecule has 0 aromatic heterocycles. The van der Waals surface area contributed by atoms with Crippen molar-refractivity contribution in [2.24, 2.45) is 0 Å². The van der Waals surface area contributed by atoms with Crippen molar-refractivity contribution in [3.63, 3.8) is 0 Å². The van der Waals surface area contributed by atoms with E-state index in [0.29, 0.717) is 11.3 Å². The number of carbonyl (C=O) groups is 1. The van der Waals surface area contributed by atoms with Crippen LogP contribution in [0.25, 0.3) is 0 Å². The van der Waals surface area contributed by atoms with Crippen molar-refractivity contribution in [3.8, 4) is 6.07 Å². The molecule has 0 fully saturated rings. The third kappa shape index (κ3) is 3.81. The van der Waals surface area contributed by atoms with Crippen molar-refractivity contribution in [1.29, 1.82) is 5.26 Å². The molecule has 25 heavy (non-hydrogen) atoms. The van der Waals surface area contributed by atoms with Gasteiger partial charge in [-0.15, -0.1) is 0 Å². The van der Waals surface area contributed by atoms with Gasteiger partial charge in [0.2, 0.25) is 0 Å². The van der Waals surface area contributed by atoms with Crippen molar-refractivity contribution >= 4 is 11.7 Å². The van der Waals surface area contributed by atoms with Gasteiger partial charge in [0.25, 0.3) is 0 Å². The van der Waals surface area contributed by atoms with Gasteiger partial charge in [-0.2, -0.15) is 5.26 Å². The Bertz CT molecular complexity index is 780. The Labute approximate surface area is 147 Å². The fourth-order valence-electron chi connectivity index (χ4n) is 3.38. The summed E-state index contributed by atoms with van der Waals surface area (Å²) >= 11 is 0. The zero-order valence-corrected chi connectivity index (χ0v) is 14.0. The second-order valence-electron chi connectivity index (χ2n) is 6.14. The van der Waals surface area contributed by atoms with E-state index in [0.717, 1.165) is 24.8 Å². The number of hydrogen-bond acceptors (Lipinski definition) is 3. The number of hydrogen-bond donors (Lipinski definition) is 2. The SMILES string of the molecule is N#Cc1ccc(NC(=O)N(CCO)C2CCCc3ccccc32)cc1. The number of aliphatic hydroxyl groups is 1. The van der Waals surface area contributed by atoms with E-state index in [1.165, 1.54) is 5.56 Å². The van der Waals surface area contributed by atoms with Crippen LogP contribution in [0, 0.1) is 11.3 Å². The molecule has 2 aromatic carbocycles. The van der Waals surface area contributed by atoms with Crippen LogP contribution in [0.2, 0.25) is 0 Å². The third-order valence-corrected chi connectivity index (χ3v) is 4.58. The van der Waals surface area contributed by atoms with Gasteiger partial charge in [0.15, 0.2) is 0 Å². The largest absolute Gasteiger partial charge is 0.395 e. The summed E-state index contributed by atoms with van der Waals surface area (Å²) in [6, 6.07) is 16.7. The van der Waals surface area contributed by atoms with Gasteiger partial charge in [0.1, 0.15) is 0 Å². The fourth-order valence-corrected chi connectivity index (χ4v) is 3.38. The van der Waals surface area contributed by atoms with E-state index in [2.05, 4.69) is 23.5 Å². The molecule has 2 amide bonds. The lowest BCUT2D eigenvalue weighted by Gasteiger charge is -2.35. The average molecular weight is 335 g/mol. The molecule has 0 saturated carbocycles. The number of benzene rings is 2. The molecule has 3 rings (SSSR count). The smallest absolute Gasteiger partial charge is 0.322 e. The van der Waals surface area contributed by atoms with Gasteiger partial charge >= 0.3 is 6.03 Å². The van der Waals surface area contributed by atoms with E-state index in [1.807, 2.05) is 12.1 Å². The predicted molar refractivity (Wildman–Crippen MR) is 96.1 cm³/mol. The molecule has 0 bridgehead atoms. The molecule has 0 heterocycles. The molecule has 5 nitrogen and oxygen atoms in total. The Kier molecular flexibility index (Phi) is 5.32. The first-order valence-electron chi connectivity index (χ1n) is 8.49. The Hall–Kier alpha value is -2.84. The van der Waals surface area contributed by atoms with Crippen LogP contribution in [0.5, 0.6) is 0 Å². The molecule has 1 atom stereocenters. The molecule has 1 unspecified atom stereocenters. The number of nitriles is 1. The standard InChI is InChI=1S/C20H21N3O2/c21-14-15-8-10-17(11-9-15)22-20(25)23(12-13-24)19-7-3-5-16-4-1-2-6-18(16)19/h1-2,4,6,8-11,19,24H,3,5,7,12-13H2,(H,22,25). The number of nitrogens with one attached hydrogen (secondary N) is 1. The molecular weight excluding hydrogens is 314 g/mol. The van der Waals surface area contributed by atoms with Gasteiger partial charge < -0.3 is 15.3 Å². The maximum absolute atomic E-state index is 12.8. The number of fused-ring (bicyclic) bond motifs is 1. The number of carbonyl (C=O) groups excluding carboxylic acids is 1. The highest BCUT2D eigenvalue weighted by Crippen LogP contribution is 2.34. The first-order chi connectivity index (χ1) is 12.2. The van der Waals surface area contributed by atoms with E-state index in [-0.39, 0.29) is 25.2 Å². The van der Waals surface area contributed by atoms with Crippen LogP contribution in [0.3, 0.4) is 0 Å².